The van der Waals surface area contributed by atoms with Crippen molar-refractivity contribution in [3.8, 4) is 5.75 Å². The zero-order chi connectivity index (χ0) is 15.2. The summed E-state index contributed by atoms with van der Waals surface area (Å²) in [5.41, 5.74) is 0.949. The molecule has 1 aliphatic heterocycles. The van der Waals surface area contributed by atoms with Crippen LogP contribution in [0.15, 0.2) is 24.3 Å². The molecule has 1 atom stereocenters. The van der Waals surface area contributed by atoms with E-state index in [9.17, 15) is 9.59 Å². The van der Waals surface area contributed by atoms with Crippen molar-refractivity contribution < 1.29 is 24.2 Å². The molecule has 0 aliphatic carbocycles. The third kappa shape index (κ3) is 4.19. The first-order valence-corrected chi connectivity index (χ1v) is 6.82. The number of aliphatic carboxylic acids is 1. The maximum Gasteiger partial charge on any atom is 0.303 e. The van der Waals surface area contributed by atoms with Crippen molar-refractivity contribution in [2.24, 2.45) is 0 Å². The monoisotopic (exact) mass is 293 g/mol. The third-order valence-corrected chi connectivity index (χ3v) is 3.48. The van der Waals surface area contributed by atoms with Gasteiger partial charge < -0.3 is 19.5 Å². The molecule has 0 spiro atoms. The summed E-state index contributed by atoms with van der Waals surface area (Å²) in [4.78, 5) is 24.4. The number of hydrogen-bond donors (Lipinski definition) is 1. The van der Waals surface area contributed by atoms with E-state index in [1.165, 1.54) is 0 Å². The van der Waals surface area contributed by atoms with Crippen LogP contribution in [0.3, 0.4) is 0 Å². The first kappa shape index (κ1) is 15.3. The SMILES string of the molecule is COc1cccc(CN2C(=O)COCC2CCC(=O)O)c1. The number of benzene rings is 1. The van der Waals surface area contributed by atoms with E-state index in [0.29, 0.717) is 19.6 Å². The second-order valence-electron chi connectivity index (χ2n) is 4.97. The molecule has 2 rings (SSSR count). The molecule has 1 saturated heterocycles. The average Bonchev–Trinajstić information content (AvgIpc) is 2.48. The van der Waals surface area contributed by atoms with Crippen molar-refractivity contribution in [1.29, 1.82) is 0 Å². The quantitative estimate of drug-likeness (QED) is 0.855. The van der Waals surface area contributed by atoms with Crippen molar-refractivity contribution in [3.63, 3.8) is 0 Å². The second-order valence-corrected chi connectivity index (χ2v) is 4.97. The van der Waals surface area contributed by atoms with Crippen molar-refractivity contribution in [3.05, 3.63) is 29.8 Å². The molecule has 0 aromatic heterocycles. The summed E-state index contributed by atoms with van der Waals surface area (Å²) in [5, 5.41) is 8.79. The van der Waals surface area contributed by atoms with Gasteiger partial charge in [0.2, 0.25) is 5.91 Å². The van der Waals surface area contributed by atoms with Gasteiger partial charge in [0.05, 0.1) is 19.8 Å². The molecule has 1 heterocycles. The standard InChI is InChI=1S/C15H19NO5/c1-20-13-4-2-3-11(7-13)8-16-12(5-6-15(18)19)9-21-10-14(16)17/h2-4,7,12H,5-6,8-10H2,1H3,(H,18,19). The Kier molecular flexibility index (Phi) is 5.16. The van der Waals surface area contributed by atoms with Gasteiger partial charge in [-0.25, -0.2) is 0 Å². The van der Waals surface area contributed by atoms with Crippen LogP contribution in [0.4, 0.5) is 0 Å². The van der Waals surface area contributed by atoms with E-state index in [0.717, 1.165) is 11.3 Å². The number of amides is 1. The molecule has 1 aliphatic rings. The first-order valence-electron chi connectivity index (χ1n) is 6.82. The van der Waals surface area contributed by atoms with E-state index < -0.39 is 5.97 Å². The highest BCUT2D eigenvalue weighted by Crippen LogP contribution is 2.19. The highest BCUT2D eigenvalue weighted by Gasteiger charge is 2.29. The number of carbonyl (C=O) groups excluding carboxylic acids is 1. The van der Waals surface area contributed by atoms with Crippen molar-refractivity contribution in [2.75, 3.05) is 20.3 Å². The normalized spacial score (nSPS) is 18.6. The number of methoxy groups -OCH3 is 1. The molecule has 114 valence electrons. The number of carbonyl (C=O) groups is 2. The van der Waals surface area contributed by atoms with Gasteiger partial charge in [0, 0.05) is 13.0 Å². The Labute approximate surface area is 123 Å². The molecular weight excluding hydrogens is 274 g/mol. The lowest BCUT2D eigenvalue weighted by atomic mass is 10.1. The van der Waals surface area contributed by atoms with Crippen molar-refractivity contribution in [1.82, 2.24) is 4.90 Å². The number of carboxylic acids is 1. The summed E-state index contributed by atoms with van der Waals surface area (Å²) in [6.45, 7) is 0.861. The van der Waals surface area contributed by atoms with Crippen LogP contribution in [0, 0.1) is 0 Å². The molecule has 0 bridgehead atoms. The van der Waals surface area contributed by atoms with E-state index in [1.807, 2.05) is 24.3 Å². The summed E-state index contributed by atoms with van der Waals surface area (Å²) in [6.07, 6.45) is 0.418. The Morgan fingerprint density at radius 1 is 1.52 bits per heavy atom. The maximum atomic E-state index is 12.0. The number of nitrogens with zero attached hydrogens (tertiary/aromatic N) is 1. The Hall–Kier alpha value is -2.08. The highest BCUT2D eigenvalue weighted by atomic mass is 16.5. The number of rotatable bonds is 6. The first-order chi connectivity index (χ1) is 10.1. The molecular formula is C15H19NO5. The fourth-order valence-corrected chi connectivity index (χ4v) is 2.37. The highest BCUT2D eigenvalue weighted by molar-refractivity contribution is 5.78. The van der Waals surface area contributed by atoms with Crippen LogP contribution < -0.4 is 4.74 Å². The zero-order valence-corrected chi connectivity index (χ0v) is 11.9. The van der Waals surface area contributed by atoms with Crippen LogP contribution in [0.25, 0.3) is 0 Å². The van der Waals surface area contributed by atoms with Gasteiger partial charge in [0.15, 0.2) is 0 Å². The van der Waals surface area contributed by atoms with Gasteiger partial charge in [-0.05, 0) is 24.1 Å². The fourth-order valence-electron chi connectivity index (χ4n) is 2.37. The Balaban J connectivity index is 2.08. The number of hydrogen-bond acceptors (Lipinski definition) is 4. The van der Waals surface area contributed by atoms with Crippen LogP contribution >= 0.6 is 0 Å². The minimum Gasteiger partial charge on any atom is -0.497 e. The van der Waals surface area contributed by atoms with Gasteiger partial charge in [-0.15, -0.1) is 0 Å². The Morgan fingerprint density at radius 2 is 2.33 bits per heavy atom. The van der Waals surface area contributed by atoms with E-state index in [4.69, 9.17) is 14.6 Å². The van der Waals surface area contributed by atoms with Crippen LogP contribution in [0.2, 0.25) is 0 Å². The van der Waals surface area contributed by atoms with Crippen LogP contribution in [0.1, 0.15) is 18.4 Å². The van der Waals surface area contributed by atoms with E-state index >= 15 is 0 Å². The molecule has 1 unspecified atom stereocenters. The molecule has 1 aromatic carbocycles. The van der Waals surface area contributed by atoms with E-state index in [-0.39, 0.29) is 25.0 Å². The van der Waals surface area contributed by atoms with Gasteiger partial charge in [0.25, 0.3) is 0 Å². The van der Waals surface area contributed by atoms with Gasteiger partial charge in [0.1, 0.15) is 12.4 Å². The van der Waals surface area contributed by atoms with Gasteiger partial charge >= 0.3 is 5.97 Å². The zero-order valence-electron chi connectivity index (χ0n) is 11.9. The minimum absolute atomic E-state index is 0.0237. The predicted molar refractivity (Wildman–Crippen MR) is 75.0 cm³/mol. The number of ether oxygens (including phenoxy) is 2. The van der Waals surface area contributed by atoms with Crippen LogP contribution in [0.5, 0.6) is 5.75 Å². The molecule has 1 aromatic rings. The van der Waals surface area contributed by atoms with Gasteiger partial charge in [-0.2, -0.15) is 0 Å². The molecule has 6 heteroatoms. The van der Waals surface area contributed by atoms with Crippen LogP contribution in [-0.4, -0.2) is 48.2 Å². The Morgan fingerprint density at radius 3 is 3.05 bits per heavy atom. The van der Waals surface area contributed by atoms with Gasteiger partial charge in [-0.1, -0.05) is 12.1 Å². The van der Waals surface area contributed by atoms with E-state index in [2.05, 4.69) is 0 Å². The summed E-state index contributed by atoms with van der Waals surface area (Å²) < 4.78 is 10.4. The van der Waals surface area contributed by atoms with Crippen molar-refractivity contribution in [2.45, 2.75) is 25.4 Å². The third-order valence-electron chi connectivity index (χ3n) is 3.48. The smallest absolute Gasteiger partial charge is 0.303 e. The molecule has 0 radical (unpaired) electrons. The second kappa shape index (κ2) is 7.08. The molecule has 0 saturated carbocycles. The van der Waals surface area contributed by atoms with Gasteiger partial charge in [-0.3, -0.25) is 9.59 Å². The molecule has 1 N–H and O–H groups in total. The lowest BCUT2D eigenvalue weighted by Gasteiger charge is -2.35. The summed E-state index contributed by atoms with van der Waals surface area (Å²) in [7, 11) is 1.59. The summed E-state index contributed by atoms with van der Waals surface area (Å²) >= 11 is 0. The fraction of sp³-hybridized carbons (Fsp3) is 0.467. The van der Waals surface area contributed by atoms with E-state index in [1.54, 1.807) is 12.0 Å². The predicted octanol–water partition coefficient (Wildman–Crippen LogP) is 1.29. The van der Waals surface area contributed by atoms with Crippen LogP contribution in [-0.2, 0) is 20.9 Å². The minimum atomic E-state index is -0.866. The average molecular weight is 293 g/mol. The largest absolute Gasteiger partial charge is 0.497 e. The lowest BCUT2D eigenvalue weighted by Crippen LogP contribution is -2.48. The van der Waals surface area contributed by atoms with Crippen molar-refractivity contribution >= 4 is 11.9 Å². The molecule has 1 amide bonds. The lowest BCUT2D eigenvalue weighted by molar-refractivity contribution is -0.151. The molecule has 1 fully saturated rings. The topological polar surface area (TPSA) is 76.1 Å². The summed E-state index contributed by atoms with van der Waals surface area (Å²) in [6, 6.07) is 7.29. The number of carboxylic acid groups (broad SMARTS) is 1. The molecule has 6 nitrogen and oxygen atoms in total. The maximum absolute atomic E-state index is 12.0. The molecule has 21 heavy (non-hydrogen) atoms. The number of morpholine rings is 1. The Bertz CT molecular complexity index is 517. The summed E-state index contributed by atoms with van der Waals surface area (Å²) in [5.74, 6) is -0.246.